The molecule has 0 aliphatic rings. The highest BCUT2D eigenvalue weighted by molar-refractivity contribution is 9.10. The van der Waals surface area contributed by atoms with Crippen LogP contribution in [0.3, 0.4) is 0 Å². The number of rotatable bonds is 4. The lowest BCUT2D eigenvalue weighted by Crippen LogP contribution is -2.40. The molecule has 0 atom stereocenters. The van der Waals surface area contributed by atoms with Gasteiger partial charge >= 0.3 is 5.69 Å². The first kappa shape index (κ1) is 20.3. The molecular formula is C22H18BrN3O3S. The molecule has 0 spiro atoms. The molecule has 0 radical (unpaired) electrons. The van der Waals surface area contributed by atoms with Crippen molar-refractivity contribution in [2.24, 2.45) is 0 Å². The van der Waals surface area contributed by atoms with Crippen LogP contribution in [0.15, 0.2) is 68.0 Å². The Balaban J connectivity index is 1.82. The molecule has 0 fully saturated rings. The zero-order valence-electron chi connectivity index (χ0n) is 16.3. The fourth-order valence-electron chi connectivity index (χ4n) is 3.29. The van der Waals surface area contributed by atoms with Crippen LogP contribution in [0.25, 0.3) is 15.9 Å². The SMILES string of the molecule is Cc1ccc(C)c(-n2c(=O)c3sccc3n(CC(=O)Nc3ccc(Br)cc3)c2=O)c1. The average Bonchev–Trinajstić information content (AvgIpc) is 3.20. The third-order valence-electron chi connectivity index (χ3n) is 4.79. The molecule has 0 saturated carbocycles. The standard InChI is InChI=1S/C22H18BrN3O3S/c1-13-3-4-14(2)18(11-13)26-21(28)20-17(9-10-30-20)25(22(26)29)12-19(27)24-16-7-5-15(23)6-8-16/h3-11H,12H2,1-2H3,(H,24,27). The Morgan fingerprint density at radius 1 is 1.07 bits per heavy atom. The summed E-state index contributed by atoms with van der Waals surface area (Å²) in [5.74, 6) is -0.349. The maximum absolute atomic E-state index is 13.3. The number of halogens is 1. The molecule has 6 nitrogen and oxygen atoms in total. The van der Waals surface area contributed by atoms with Gasteiger partial charge in [-0.05, 0) is 66.8 Å². The van der Waals surface area contributed by atoms with E-state index in [1.807, 2.05) is 44.2 Å². The van der Waals surface area contributed by atoms with Gasteiger partial charge < -0.3 is 5.32 Å². The number of fused-ring (bicyclic) bond motifs is 1. The van der Waals surface area contributed by atoms with Crippen LogP contribution in [-0.2, 0) is 11.3 Å². The van der Waals surface area contributed by atoms with Gasteiger partial charge in [0.2, 0.25) is 5.91 Å². The van der Waals surface area contributed by atoms with E-state index in [4.69, 9.17) is 0 Å². The molecule has 0 unspecified atom stereocenters. The van der Waals surface area contributed by atoms with Gasteiger partial charge in [0.25, 0.3) is 5.56 Å². The molecule has 2 aromatic heterocycles. The molecule has 0 bridgehead atoms. The first-order valence-electron chi connectivity index (χ1n) is 9.21. The molecule has 0 aliphatic heterocycles. The fraction of sp³-hybridized carbons (Fsp3) is 0.136. The molecule has 30 heavy (non-hydrogen) atoms. The van der Waals surface area contributed by atoms with E-state index in [1.165, 1.54) is 15.9 Å². The number of hydrogen-bond donors (Lipinski definition) is 1. The average molecular weight is 484 g/mol. The number of amides is 1. The van der Waals surface area contributed by atoms with Crippen molar-refractivity contribution in [3.63, 3.8) is 0 Å². The Morgan fingerprint density at radius 3 is 2.53 bits per heavy atom. The summed E-state index contributed by atoms with van der Waals surface area (Å²) in [6.45, 7) is 3.55. The summed E-state index contributed by atoms with van der Waals surface area (Å²) in [6, 6.07) is 14.5. The highest BCUT2D eigenvalue weighted by Gasteiger charge is 2.18. The van der Waals surface area contributed by atoms with Gasteiger partial charge in [-0.25, -0.2) is 9.36 Å². The van der Waals surface area contributed by atoms with Crippen molar-refractivity contribution in [2.75, 3.05) is 5.32 Å². The third-order valence-corrected chi connectivity index (χ3v) is 6.21. The normalized spacial score (nSPS) is 11.0. The number of carbonyl (C=O) groups excluding carboxylic acids is 1. The second kappa shape index (κ2) is 8.04. The molecule has 1 amide bonds. The van der Waals surface area contributed by atoms with E-state index in [1.54, 1.807) is 23.6 Å². The van der Waals surface area contributed by atoms with E-state index in [-0.39, 0.29) is 18.0 Å². The molecule has 0 aliphatic carbocycles. The summed E-state index contributed by atoms with van der Waals surface area (Å²) >= 11 is 4.61. The van der Waals surface area contributed by atoms with Crippen molar-refractivity contribution in [1.82, 2.24) is 9.13 Å². The van der Waals surface area contributed by atoms with Gasteiger partial charge in [0.15, 0.2) is 0 Å². The largest absolute Gasteiger partial charge is 0.336 e. The van der Waals surface area contributed by atoms with E-state index < -0.39 is 5.69 Å². The third kappa shape index (κ3) is 3.76. The molecule has 2 aromatic carbocycles. The minimum Gasteiger partial charge on any atom is -0.325 e. The number of nitrogens with one attached hydrogen (secondary N) is 1. The number of aromatic nitrogens is 2. The molecule has 1 N–H and O–H groups in total. The van der Waals surface area contributed by atoms with Crippen molar-refractivity contribution >= 4 is 49.1 Å². The van der Waals surface area contributed by atoms with Crippen molar-refractivity contribution in [2.45, 2.75) is 20.4 Å². The Labute approximate surface area is 184 Å². The predicted octanol–water partition coefficient (Wildman–Crippen LogP) is 4.23. The van der Waals surface area contributed by atoms with Gasteiger partial charge in [0.05, 0.1) is 11.2 Å². The molecule has 4 rings (SSSR count). The van der Waals surface area contributed by atoms with E-state index >= 15 is 0 Å². The maximum atomic E-state index is 13.3. The molecule has 152 valence electrons. The van der Waals surface area contributed by atoms with Crippen LogP contribution < -0.4 is 16.6 Å². The van der Waals surface area contributed by atoms with Gasteiger partial charge in [0.1, 0.15) is 11.2 Å². The Hall–Kier alpha value is -2.97. The summed E-state index contributed by atoms with van der Waals surface area (Å²) in [5.41, 5.74) is 2.45. The summed E-state index contributed by atoms with van der Waals surface area (Å²) < 4.78 is 3.85. The predicted molar refractivity (Wildman–Crippen MR) is 124 cm³/mol. The number of anilines is 1. The number of hydrogen-bond acceptors (Lipinski definition) is 4. The summed E-state index contributed by atoms with van der Waals surface area (Å²) in [6.07, 6.45) is 0. The molecule has 2 heterocycles. The van der Waals surface area contributed by atoms with Gasteiger partial charge in [0, 0.05) is 10.2 Å². The summed E-state index contributed by atoms with van der Waals surface area (Å²) in [7, 11) is 0. The lowest BCUT2D eigenvalue weighted by atomic mass is 10.1. The van der Waals surface area contributed by atoms with Crippen molar-refractivity contribution in [3.8, 4) is 5.69 Å². The maximum Gasteiger partial charge on any atom is 0.336 e. The van der Waals surface area contributed by atoms with Crippen LogP contribution in [0, 0.1) is 13.8 Å². The number of nitrogens with zero attached hydrogens (tertiary/aromatic N) is 2. The van der Waals surface area contributed by atoms with Crippen molar-refractivity contribution in [1.29, 1.82) is 0 Å². The van der Waals surface area contributed by atoms with Crippen LogP contribution in [0.1, 0.15) is 11.1 Å². The Morgan fingerprint density at radius 2 is 1.80 bits per heavy atom. The van der Waals surface area contributed by atoms with Gasteiger partial charge in [-0.3, -0.25) is 14.2 Å². The molecule has 8 heteroatoms. The van der Waals surface area contributed by atoms with E-state index in [0.29, 0.717) is 21.6 Å². The lowest BCUT2D eigenvalue weighted by molar-refractivity contribution is -0.116. The number of benzene rings is 2. The van der Waals surface area contributed by atoms with Crippen LogP contribution in [-0.4, -0.2) is 15.0 Å². The molecule has 4 aromatic rings. The van der Waals surface area contributed by atoms with Crippen molar-refractivity contribution in [3.05, 3.63) is 90.3 Å². The van der Waals surface area contributed by atoms with E-state index in [0.717, 1.165) is 20.2 Å². The molecular weight excluding hydrogens is 466 g/mol. The smallest absolute Gasteiger partial charge is 0.325 e. The van der Waals surface area contributed by atoms with Gasteiger partial charge in [-0.2, -0.15) is 0 Å². The highest BCUT2D eigenvalue weighted by Crippen LogP contribution is 2.19. The number of aryl methyl sites for hydroxylation is 2. The zero-order valence-corrected chi connectivity index (χ0v) is 18.7. The summed E-state index contributed by atoms with van der Waals surface area (Å²) in [5, 5.41) is 4.54. The zero-order chi connectivity index (χ0) is 21.4. The van der Waals surface area contributed by atoms with Crippen LogP contribution >= 0.6 is 27.3 Å². The van der Waals surface area contributed by atoms with Crippen molar-refractivity contribution < 1.29 is 4.79 Å². The first-order chi connectivity index (χ1) is 14.3. The van der Waals surface area contributed by atoms with Crippen LogP contribution in [0.5, 0.6) is 0 Å². The van der Waals surface area contributed by atoms with Crippen LogP contribution in [0.2, 0.25) is 0 Å². The van der Waals surface area contributed by atoms with Gasteiger partial charge in [-0.1, -0.05) is 28.1 Å². The minimum absolute atomic E-state index is 0.201. The van der Waals surface area contributed by atoms with Gasteiger partial charge in [-0.15, -0.1) is 11.3 Å². The second-order valence-electron chi connectivity index (χ2n) is 6.99. The number of carbonyl (C=O) groups is 1. The first-order valence-corrected chi connectivity index (χ1v) is 10.9. The van der Waals surface area contributed by atoms with E-state index in [2.05, 4.69) is 21.2 Å². The monoisotopic (exact) mass is 483 g/mol. The van der Waals surface area contributed by atoms with E-state index in [9.17, 15) is 14.4 Å². The lowest BCUT2D eigenvalue weighted by Gasteiger charge is -2.14. The molecule has 0 saturated heterocycles. The summed E-state index contributed by atoms with van der Waals surface area (Å²) in [4.78, 5) is 39.1. The topological polar surface area (TPSA) is 73.1 Å². The minimum atomic E-state index is -0.537. The Kier molecular flexibility index (Phi) is 5.44. The quantitative estimate of drug-likeness (QED) is 0.471. The highest BCUT2D eigenvalue weighted by atomic mass is 79.9. The Bertz CT molecular complexity index is 1380. The second-order valence-corrected chi connectivity index (χ2v) is 8.82. The number of thiophene rings is 1. The fourth-order valence-corrected chi connectivity index (χ4v) is 4.38. The van der Waals surface area contributed by atoms with Crippen LogP contribution in [0.4, 0.5) is 5.69 Å².